The second kappa shape index (κ2) is 5.82. The predicted octanol–water partition coefficient (Wildman–Crippen LogP) is 4.29. The first-order valence-electron chi connectivity index (χ1n) is 8.34. The van der Waals surface area contributed by atoms with E-state index in [1.807, 2.05) is 24.3 Å². The number of anilines is 2. The van der Waals surface area contributed by atoms with Crippen LogP contribution in [0.3, 0.4) is 0 Å². The van der Waals surface area contributed by atoms with Crippen molar-refractivity contribution in [1.29, 1.82) is 0 Å². The smallest absolute Gasteiger partial charge is 0.337 e. The van der Waals surface area contributed by atoms with Crippen LogP contribution in [0.25, 0.3) is 0 Å². The summed E-state index contributed by atoms with van der Waals surface area (Å²) in [7, 11) is 1.64. The predicted molar refractivity (Wildman–Crippen MR) is 91.4 cm³/mol. The summed E-state index contributed by atoms with van der Waals surface area (Å²) in [5.41, 5.74) is 3.38. The monoisotopic (exact) mass is 324 g/mol. The number of carbonyl (C=O) groups is 1. The number of fused-ring (bicyclic) bond motifs is 2. The summed E-state index contributed by atoms with van der Waals surface area (Å²) in [4.78, 5) is 16.1. The van der Waals surface area contributed by atoms with E-state index >= 15 is 0 Å². The number of methoxy groups -OCH3 is 1. The van der Waals surface area contributed by atoms with E-state index in [2.05, 4.69) is 10.3 Å². The fraction of sp³-hybridized carbons (Fsp3) is 0.368. The van der Waals surface area contributed by atoms with E-state index in [-0.39, 0.29) is 0 Å². The zero-order valence-electron chi connectivity index (χ0n) is 13.6. The van der Waals surface area contributed by atoms with Gasteiger partial charge in [-0.25, -0.2) is 9.78 Å². The highest BCUT2D eigenvalue weighted by Gasteiger charge is 2.38. The molecular weight excluding hydrogens is 304 g/mol. The molecule has 5 heteroatoms. The van der Waals surface area contributed by atoms with Gasteiger partial charge in [-0.05, 0) is 55.2 Å². The van der Waals surface area contributed by atoms with Crippen LogP contribution >= 0.6 is 0 Å². The quantitative estimate of drug-likeness (QED) is 0.878. The molecule has 1 fully saturated rings. The Morgan fingerprint density at radius 2 is 1.92 bits per heavy atom. The van der Waals surface area contributed by atoms with Gasteiger partial charge in [-0.15, -0.1) is 0 Å². The molecule has 0 saturated heterocycles. The Morgan fingerprint density at radius 3 is 2.58 bits per heavy atom. The van der Waals surface area contributed by atoms with E-state index in [9.17, 15) is 9.90 Å². The van der Waals surface area contributed by atoms with Gasteiger partial charge in [0.05, 0.1) is 12.7 Å². The van der Waals surface area contributed by atoms with Crippen LogP contribution in [0.4, 0.5) is 11.5 Å². The average molecular weight is 324 g/mol. The lowest BCUT2D eigenvalue weighted by molar-refractivity contribution is 0.0693. The van der Waals surface area contributed by atoms with Crippen molar-refractivity contribution >= 4 is 17.5 Å². The van der Waals surface area contributed by atoms with E-state index in [0.29, 0.717) is 17.4 Å². The van der Waals surface area contributed by atoms with Crippen LogP contribution in [0.2, 0.25) is 0 Å². The second-order valence-electron chi connectivity index (χ2n) is 6.56. The Bertz CT molecular complexity index is 795. The van der Waals surface area contributed by atoms with E-state index < -0.39 is 5.97 Å². The zero-order valence-corrected chi connectivity index (χ0v) is 13.6. The number of aromatic carboxylic acids is 1. The molecule has 0 radical (unpaired) electrons. The molecule has 3 aliphatic carbocycles. The van der Waals surface area contributed by atoms with Crippen LogP contribution < -0.4 is 10.1 Å². The fourth-order valence-corrected chi connectivity index (χ4v) is 4.17. The molecule has 0 atom stereocenters. The number of rotatable bonds is 4. The molecule has 0 unspecified atom stereocenters. The summed E-state index contributed by atoms with van der Waals surface area (Å²) in [6, 6.07) is 7.69. The maximum atomic E-state index is 11.6. The Hall–Kier alpha value is -2.56. The maximum absolute atomic E-state index is 11.6. The van der Waals surface area contributed by atoms with E-state index in [4.69, 9.17) is 4.74 Å². The lowest BCUT2D eigenvalue weighted by Crippen LogP contribution is -2.26. The Balaban J connectivity index is 1.79. The van der Waals surface area contributed by atoms with Gasteiger partial charge < -0.3 is 15.2 Å². The topological polar surface area (TPSA) is 71.5 Å². The molecule has 124 valence electrons. The van der Waals surface area contributed by atoms with Crippen molar-refractivity contribution in [3.63, 3.8) is 0 Å². The number of aromatic nitrogens is 1. The summed E-state index contributed by atoms with van der Waals surface area (Å²) < 4.78 is 5.27. The minimum absolute atomic E-state index is 0.352. The van der Waals surface area contributed by atoms with Crippen molar-refractivity contribution in [3.05, 3.63) is 47.2 Å². The molecule has 0 amide bonds. The largest absolute Gasteiger partial charge is 0.497 e. The summed E-state index contributed by atoms with van der Waals surface area (Å²) >= 11 is 0. The van der Waals surface area contributed by atoms with Crippen molar-refractivity contribution in [2.75, 3.05) is 12.4 Å². The van der Waals surface area contributed by atoms with Crippen LogP contribution in [0, 0.1) is 0 Å². The lowest BCUT2D eigenvalue weighted by Gasteiger charge is -2.39. The highest BCUT2D eigenvalue weighted by Crippen LogP contribution is 2.52. The van der Waals surface area contributed by atoms with Crippen LogP contribution in [-0.2, 0) is 0 Å². The summed E-state index contributed by atoms with van der Waals surface area (Å²) in [6.45, 7) is 0. The number of nitrogens with one attached hydrogen (secondary N) is 1. The standard InChI is InChI=1S/C19H20N2O3/c1-24-14-4-2-3-13(9-14)21-18-17-12-7-5-11(6-8-12)16(17)15(10-20-18)19(22)23/h2-4,9-12H,5-8H2,1H3,(H,20,21)(H,22,23). The van der Waals surface area contributed by atoms with Crippen molar-refractivity contribution in [3.8, 4) is 5.75 Å². The molecule has 2 N–H and O–H groups in total. The SMILES string of the molecule is COc1cccc(Nc2ncc(C(=O)O)c3c2C2CCC3CC2)c1. The number of nitrogens with zero attached hydrogens (tertiary/aromatic N) is 1. The molecule has 1 aromatic carbocycles. The number of benzene rings is 1. The molecule has 24 heavy (non-hydrogen) atoms. The normalized spacial score (nSPS) is 21.2. The number of pyridine rings is 1. The Morgan fingerprint density at radius 1 is 1.21 bits per heavy atom. The van der Waals surface area contributed by atoms with Gasteiger partial charge in [0, 0.05) is 23.5 Å². The van der Waals surface area contributed by atoms with Crippen LogP contribution in [0.15, 0.2) is 30.5 Å². The first kappa shape index (κ1) is 15.0. The number of carboxylic acid groups (broad SMARTS) is 1. The number of ether oxygens (including phenoxy) is 1. The molecule has 1 aromatic heterocycles. The third kappa shape index (κ3) is 2.40. The zero-order chi connectivity index (χ0) is 16.7. The van der Waals surface area contributed by atoms with E-state index in [0.717, 1.165) is 54.1 Å². The lowest BCUT2D eigenvalue weighted by atomic mass is 9.66. The second-order valence-corrected chi connectivity index (χ2v) is 6.56. The summed E-state index contributed by atoms with van der Waals surface area (Å²) in [6.07, 6.45) is 5.91. The Labute approximate surface area is 140 Å². The van der Waals surface area contributed by atoms with Gasteiger partial charge in [0.25, 0.3) is 0 Å². The Kier molecular flexibility index (Phi) is 3.63. The van der Waals surface area contributed by atoms with Gasteiger partial charge in [-0.3, -0.25) is 0 Å². The fourth-order valence-electron chi connectivity index (χ4n) is 4.17. The third-order valence-electron chi connectivity index (χ3n) is 5.26. The molecule has 5 rings (SSSR count). The first-order chi connectivity index (χ1) is 11.7. The molecule has 2 aromatic rings. The van der Waals surface area contributed by atoms with Gasteiger partial charge in [-0.2, -0.15) is 0 Å². The number of hydrogen-bond donors (Lipinski definition) is 2. The molecule has 0 spiro atoms. The van der Waals surface area contributed by atoms with Crippen molar-refractivity contribution in [2.24, 2.45) is 0 Å². The molecule has 5 nitrogen and oxygen atoms in total. The number of carboxylic acids is 1. The molecule has 3 aliphatic rings. The third-order valence-corrected chi connectivity index (χ3v) is 5.26. The number of hydrogen-bond acceptors (Lipinski definition) is 4. The van der Waals surface area contributed by atoms with Crippen molar-refractivity contribution < 1.29 is 14.6 Å². The summed E-state index contributed by atoms with van der Waals surface area (Å²) in [5, 5.41) is 12.9. The molecule has 1 heterocycles. The minimum Gasteiger partial charge on any atom is -0.497 e. The van der Waals surface area contributed by atoms with Crippen LogP contribution in [0.1, 0.15) is 59.0 Å². The van der Waals surface area contributed by atoms with Gasteiger partial charge in [-0.1, -0.05) is 6.07 Å². The van der Waals surface area contributed by atoms with E-state index in [1.165, 1.54) is 6.20 Å². The van der Waals surface area contributed by atoms with Crippen LogP contribution in [-0.4, -0.2) is 23.2 Å². The maximum Gasteiger partial charge on any atom is 0.337 e. The molecule has 2 bridgehead atoms. The van der Waals surface area contributed by atoms with Gasteiger partial charge in [0.1, 0.15) is 11.6 Å². The summed E-state index contributed by atoms with van der Waals surface area (Å²) in [5.74, 6) is 1.45. The van der Waals surface area contributed by atoms with Crippen LogP contribution in [0.5, 0.6) is 5.75 Å². The van der Waals surface area contributed by atoms with Gasteiger partial charge in [0.15, 0.2) is 0 Å². The molecular formula is C19H20N2O3. The van der Waals surface area contributed by atoms with Crippen molar-refractivity contribution in [1.82, 2.24) is 4.98 Å². The van der Waals surface area contributed by atoms with Gasteiger partial charge >= 0.3 is 5.97 Å². The van der Waals surface area contributed by atoms with Crippen molar-refractivity contribution in [2.45, 2.75) is 37.5 Å². The molecule has 1 saturated carbocycles. The van der Waals surface area contributed by atoms with Gasteiger partial charge in [0.2, 0.25) is 0 Å². The highest BCUT2D eigenvalue weighted by molar-refractivity contribution is 5.91. The molecule has 0 aliphatic heterocycles. The van der Waals surface area contributed by atoms with E-state index in [1.54, 1.807) is 7.11 Å². The minimum atomic E-state index is -0.876. The highest BCUT2D eigenvalue weighted by atomic mass is 16.5. The average Bonchev–Trinajstić information content (AvgIpc) is 2.62. The first-order valence-corrected chi connectivity index (χ1v) is 8.34.